The number of nitrogens with one attached hydrogen (secondary N) is 1. The van der Waals surface area contributed by atoms with Gasteiger partial charge in [-0.05, 0) is 43.4 Å². The standard InChI is InChI=1S/C27H30N2O7/c30-23(31)16-29-21-10-4-5-11-22(21)36-17-20(24(29)32)28-26(35)27(12-6-7-13-27)15-19(25(33)34)14-18-8-2-1-3-9-18/h1-5,8-11,19-20H,6-7,12-17H2,(H,28,35)(H,30,31)(H,33,34). The molecule has 4 rings (SSSR count). The zero-order valence-corrected chi connectivity index (χ0v) is 19.9. The van der Waals surface area contributed by atoms with Crippen molar-refractivity contribution in [3.05, 3.63) is 60.2 Å². The van der Waals surface area contributed by atoms with Gasteiger partial charge >= 0.3 is 11.9 Å². The number of ether oxygens (including phenoxy) is 1. The molecular formula is C27H30N2O7. The van der Waals surface area contributed by atoms with Crippen molar-refractivity contribution in [1.82, 2.24) is 5.32 Å². The molecule has 3 N–H and O–H groups in total. The Kier molecular flexibility index (Phi) is 7.57. The number of carboxylic acids is 2. The van der Waals surface area contributed by atoms with Gasteiger partial charge in [0.1, 0.15) is 24.9 Å². The second-order valence-electron chi connectivity index (χ2n) is 9.54. The van der Waals surface area contributed by atoms with Crippen LogP contribution in [-0.2, 0) is 25.6 Å². The third kappa shape index (κ3) is 5.50. The summed E-state index contributed by atoms with van der Waals surface area (Å²) in [6, 6.07) is 14.8. The fourth-order valence-electron chi connectivity index (χ4n) is 5.26. The Morgan fingerprint density at radius 2 is 1.69 bits per heavy atom. The summed E-state index contributed by atoms with van der Waals surface area (Å²) in [6.07, 6.45) is 3.09. The van der Waals surface area contributed by atoms with Crippen molar-refractivity contribution >= 4 is 29.4 Å². The van der Waals surface area contributed by atoms with Crippen molar-refractivity contribution in [3.63, 3.8) is 0 Å². The van der Waals surface area contributed by atoms with Gasteiger partial charge in [0.2, 0.25) is 5.91 Å². The van der Waals surface area contributed by atoms with E-state index in [0.29, 0.717) is 30.7 Å². The predicted molar refractivity (Wildman–Crippen MR) is 131 cm³/mol. The van der Waals surface area contributed by atoms with Crippen LogP contribution in [0.25, 0.3) is 0 Å². The van der Waals surface area contributed by atoms with E-state index >= 15 is 0 Å². The summed E-state index contributed by atoms with van der Waals surface area (Å²) in [5.74, 6) is -3.53. The van der Waals surface area contributed by atoms with Crippen molar-refractivity contribution in [2.75, 3.05) is 18.1 Å². The third-order valence-electron chi connectivity index (χ3n) is 7.08. The van der Waals surface area contributed by atoms with Gasteiger partial charge in [-0.2, -0.15) is 0 Å². The molecule has 1 heterocycles. The van der Waals surface area contributed by atoms with Crippen LogP contribution in [0, 0.1) is 11.3 Å². The molecule has 2 amide bonds. The van der Waals surface area contributed by atoms with Crippen LogP contribution in [0.15, 0.2) is 54.6 Å². The fourth-order valence-corrected chi connectivity index (χ4v) is 5.26. The Hall–Kier alpha value is -3.88. The largest absolute Gasteiger partial charge is 0.489 e. The van der Waals surface area contributed by atoms with Crippen molar-refractivity contribution in [3.8, 4) is 5.75 Å². The monoisotopic (exact) mass is 494 g/mol. The van der Waals surface area contributed by atoms with Crippen molar-refractivity contribution in [2.24, 2.45) is 11.3 Å². The fraction of sp³-hybridized carbons (Fsp3) is 0.407. The van der Waals surface area contributed by atoms with E-state index in [2.05, 4.69) is 5.32 Å². The van der Waals surface area contributed by atoms with Crippen molar-refractivity contribution < 1.29 is 34.1 Å². The maximum absolute atomic E-state index is 13.7. The molecule has 9 heteroatoms. The number of amides is 2. The minimum Gasteiger partial charge on any atom is -0.489 e. The third-order valence-corrected chi connectivity index (χ3v) is 7.08. The molecule has 36 heavy (non-hydrogen) atoms. The van der Waals surface area contributed by atoms with Gasteiger partial charge in [-0.25, -0.2) is 0 Å². The van der Waals surface area contributed by atoms with Crippen LogP contribution in [0.4, 0.5) is 5.69 Å². The number of rotatable bonds is 9. The summed E-state index contributed by atoms with van der Waals surface area (Å²) in [6.45, 7) is -0.727. The lowest BCUT2D eigenvalue weighted by Crippen LogP contribution is -2.55. The molecule has 2 aromatic rings. The summed E-state index contributed by atoms with van der Waals surface area (Å²) >= 11 is 0. The topological polar surface area (TPSA) is 133 Å². The van der Waals surface area contributed by atoms with Gasteiger partial charge in [0, 0.05) is 0 Å². The summed E-state index contributed by atoms with van der Waals surface area (Å²) in [5, 5.41) is 22.1. The van der Waals surface area contributed by atoms with E-state index < -0.39 is 41.8 Å². The van der Waals surface area contributed by atoms with Crippen LogP contribution in [-0.4, -0.2) is 53.2 Å². The normalized spacial score (nSPS) is 19.5. The number of nitrogens with zero attached hydrogens (tertiary/aromatic N) is 1. The van der Waals surface area contributed by atoms with Gasteiger partial charge in [0.05, 0.1) is 17.0 Å². The van der Waals surface area contributed by atoms with E-state index in [1.165, 1.54) is 0 Å². The average molecular weight is 495 g/mol. The van der Waals surface area contributed by atoms with Gasteiger partial charge in [0.25, 0.3) is 5.91 Å². The molecule has 190 valence electrons. The van der Waals surface area contributed by atoms with E-state index in [1.54, 1.807) is 24.3 Å². The number of carbonyl (C=O) groups excluding carboxylic acids is 2. The first kappa shape index (κ1) is 25.2. The molecule has 2 aromatic carbocycles. The maximum atomic E-state index is 13.7. The van der Waals surface area contributed by atoms with Crippen LogP contribution >= 0.6 is 0 Å². The lowest BCUT2D eigenvalue weighted by atomic mass is 9.75. The Morgan fingerprint density at radius 3 is 2.36 bits per heavy atom. The zero-order chi connectivity index (χ0) is 25.7. The highest BCUT2D eigenvalue weighted by Gasteiger charge is 2.46. The van der Waals surface area contributed by atoms with Crippen molar-refractivity contribution in [2.45, 2.75) is 44.6 Å². The summed E-state index contributed by atoms with van der Waals surface area (Å²) < 4.78 is 5.77. The Labute approximate surface area is 209 Å². The first-order valence-corrected chi connectivity index (χ1v) is 12.1. The second kappa shape index (κ2) is 10.8. The van der Waals surface area contributed by atoms with Crippen LogP contribution in [0.1, 0.15) is 37.7 Å². The summed E-state index contributed by atoms with van der Waals surface area (Å²) in [4.78, 5) is 51.7. The second-order valence-corrected chi connectivity index (χ2v) is 9.54. The first-order chi connectivity index (χ1) is 17.3. The number of hydrogen-bond donors (Lipinski definition) is 3. The van der Waals surface area contributed by atoms with E-state index in [1.807, 2.05) is 30.3 Å². The highest BCUT2D eigenvalue weighted by Crippen LogP contribution is 2.44. The average Bonchev–Trinajstić information content (AvgIpc) is 3.30. The number of hydrogen-bond acceptors (Lipinski definition) is 5. The molecule has 2 atom stereocenters. The molecule has 0 radical (unpaired) electrons. The van der Waals surface area contributed by atoms with E-state index in [9.17, 15) is 29.4 Å². The molecule has 2 unspecified atom stereocenters. The quantitative estimate of drug-likeness (QED) is 0.488. The lowest BCUT2D eigenvalue weighted by Gasteiger charge is -2.32. The van der Waals surface area contributed by atoms with Gasteiger partial charge in [0.15, 0.2) is 0 Å². The van der Waals surface area contributed by atoms with Gasteiger partial charge in [-0.15, -0.1) is 0 Å². The maximum Gasteiger partial charge on any atom is 0.323 e. The molecule has 0 aromatic heterocycles. The first-order valence-electron chi connectivity index (χ1n) is 12.1. The molecule has 9 nitrogen and oxygen atoms in total. The van der Waals surface area contributed by atoms with Crippen LogP contribution < -0.4 is 15.0 Å². The van der Waals surface area contributed by atoms with Gasteiger partial charge in [-0.3, -0.25) is 24.1 Å². The molecule has 0 spiro atoms. The molecule has 1 saturated carbocycles. The van der Waals surface area contributed by atoms with Crippen LogP contribution in [0.2, 0.25) is 0 Å². The molecule has 0 saturated heterocycles. The molecule has 1 aliphatic carbocycles. The number of benzene rings is 2. The molecular weight excluding hydrogens is 464 g/mol. The summed E-state index contributed by atoms with van der Waals surface area (Å²) in [7, 11) is 0. The number of para-hydroxylation sites is 2. The Morgan fingerprint density at radius 1 is 1.03 bits per heavy atom. The van der Waals surface area contributed by atoms with Gasteiger partial charge in [-0.1, -0.05) is 55.3 Å². The SMILES string of the molecule is O=C(O)CN1C(=O)C(NC(=O)C2(CC(Cc3ccccc3)C(=O)O)CCCC2)COc2ccccc21. The highest BCUT2D eigenvalue weighted by molar-refractivity contribution is 6.04. The number of carbonyl (C=O) groups is 4. The van der Waals surface area contributed by atoms with Gasteiger partial charge < -0.3 is 20.3 Å². The number of carboxylic acid groups (broad SMARTS) is 2. The minimum absolute atomic E-state index is 0.153. The molecule has 0 bridgehead atoms. The van der Waals surface area contributed by atoms with E-state index in [0.717, 1.165) is 23.3 Å². The number of aliphatic carboxylic acids is 2. The van der Waals surface area contributed by atoms with Crippen LogP contribution in [0.5, 0.6) is 5.75 Å². The smallest absolute Gasteiger partial charge is 0.323 e. The highest BCUT2D eigenvalue weighted by atomic mass is 16.5. The molecule has 1 fully saturated rings. The van der Waals surface area contributed by atoms with Crippen LogP contribution in [0.3, 0.4) is 0 Å². The summed E-state index contributed by atoms with van der Waals surface area (Å²) in [5.41, 5.74) is 0.286. The predicted octanol–water partition coefficient (Wildman–Crippen LogP) is 2.88. The number of fused-ring (bicyclic) bond motifs is 1. The zero-order valence-electron chi connectivity index (χ0n) is 19.9. The Balaban J connectivity index is 1.54. The van der Waals surface area contributed by atoms with E-state index in [-0.39, 0.29) is 18.9 Å². The number of anilines is 1. The Bertz CT molecular complexity index is 1130. The lowest BCUT2D eigenvalue weighted by molar-refractivity contribution is -0.145. The molecule has 1 aliphatic heterocycles. The molecule has 2 aliphatic rings. The minimum atomic E-state index is -1.19. The van der Waals surface area contributed by atoms with Crippen molar-refractivity contribution in [1.29, 1.82) is 0 Å². The van der Waals surface area contributed by atoms with E-state index in [4.69, 9.17) is 4.74 Å².